The van der Waals surface area contributed by atoms with Gasteiger partial charge in [0.05, 0.1) is 6.17 Å². The van der Waals surface area contributed by atoms with E-state index in [0.717, 1.165) is 5.56 Å². The second-order valence-corrected chi connectivity index (χ2v) is 3.79. The van der Waals surface area contributed by atoms with E-state index in [-0.39, 0.29) is 11.2 Å². The summed E-state index contributed by atoms with van der Waals surface area (Å²) in [7, 11) is 0. The first-order valence-electron chi connectivity index (χ1n) is 4.25. The van der Waals surface area contributed by atoms with E-state index in [1.54, 1.807) is 12.1 Å². The van der Waals surface area contributed by atoms with Crippen molar-refractivity contribution >= 4 is 0 Å². The average molecular weight is 180 g/mol. The van der Waals surface area contributed by atoms with Crippen molar-refractivity contribution in [2.45, 2.75) is 25.4 Å². The Morgan fingerprint density at radius 3 is 2.00 bits per heavy atom. The molecule has 0 unspecified atom stereocenters. The Labute approximate surface area is 78.4 Å². The predicted molar refractivity (Wildman–Crippen MR) is 53.3 cm³/mol. The van der Waals surface area contributed by atoms with Gasteiger partial charge in [0.2, 0.25) is 0 Å². The maximum Gasteiger partial charge on any atom is 0.115 e. The molecule has 1 aromatic rings. The van der Waals surface area contributed by atoms with E-state index in [1.807, 2.05) is 26.0 Å². The highest BCUT2D eigenvalue weighted by Gasteiger charge is 2.25. The summed E-state index contributed by atoms with van der Waals surface area (Å²) in [5.41, 5.74) is 12.1. The number of benzene rings is 1. The molecular formula is C10H16N2O. The van der Waals surface area contributed by atoms with Gasteiger partial charge in [-0.05, 0) is 17.7 Å². The van der Waals surface area contributed by atoms with E-state index in [1.165, 1.54) is 0 Å². The Morgan fingerprint density at radius 2 is 1.62 bits per heavy atom. The zero-order chi connectivity index (χ0) is 10.1. The van der Waals surface area contributed by atoms with E-state index in [9.17, 15) is 0 Å². The van der Waals surface area contributed by atoms with Gasteiger partial charge in [0.25, 0.3) is 0 Å². The summed E-state index contributed by atoms with van der Waals surface area (Å²) in [4.78, 5) is 0. The normalized spacial score (nSPS) is 12.1. The Hall–Kier alpha value is -1.06. The fraction of sp³-hybridized carbons (Fsp3) is 0.400. The lowest BCUT2D eigenvalue weighted by molar-refractivity contribution is 0.417. The van der Waals surface area contributed by atoms with E-state index in [2.05, 4.69) is 0 Å². The SMILES string of the molecule is CC(C)(c1ccc(O)cc1)C(N)N. The summed E-state index contributed by atoms with van der Waals surface area (Å²) >= 11 is 0. The summed E-state index contributed by atoms with van der Waals surface area (Å²) < 4.78 is 0. The molecule has 1 aromatic carbocycles. The van der Waals surface area contributed by atoms with Gasteiger partial charge in [-0.25, -0.2) is 0 Å². The minimum Gasteiger partial charge on any atom is -0.508 e. The summed E-state index contributed by atoms with van der Waals surface area (Å²) in [6.45, 7) is 3.95. The van der Waals surface area contributed by atoms with Crippen molar-refractivity contribution in [2.75, 3.05) is 0 Å². The maximum atomic E-state index is 9.10. The third-order valence-electron chi connectivity index (χ3n) is 2.44. The number of rotatable bonds is 2. The van der Waals surface area contributed by atoms with Crippen LogP contribution < -0.4 is 11.5 Å². The Kier molecular flexibility index (Phi) is 2.59. The Morgan fingerprint density at radius 1 is 1.15 bits per heavy atom. The highest BCUT2D eigenvalue weighted by atomic mass is 16.3. The van der Waals surface area contributed by atoms with Gasteiger partial charge in [-0.15, -0.1) is 0 Å². The highest BCUT2D eigenvalue weighted by molar-refractivity contribution is 5.31. The van der Waals surface area contributed by atoms with Crippen LogP contribution in [0.3, 0.4) is 0 Å². The lowest BCUT2D eigenvalue weighted by Gasteiger charge is -2.29. The first kappa shape index (κ1) is 10.0. The van der Waals surface area contributed by atoms with E-state index >= 15 is 0 Å². The van der Waals surface area contributed by atoms with Crippen LogP contribution in [-0.2, 0) is 5.41 Å². The fourth-order valence-electron chi connectivity index (χ4n) is 1.08. The molecule has 3 heteroatoms. The zero-order valence-corrected chi connectivity index (χ0v) is 7.99. The molecule has 0 radical (unpaired) electrons. The third kappa shape index (κ3) is 1.99. The molecule has 5 N–H and O–H groups in total. The second kappa shape index (κ2) is 3.36. The van der Waals surface area contributed by atoms with Crippen LogP contribution in [0.4, 0.5) is 0 Å². The molecule has 0 saturated carbocycles. The van der Waals surface area contributed by atoms with Crippen LogP contribution in [0.25, 0.3) is 0 Å². The number of phenols is 1. The van der Waals surface area contributed by atoms with E-state index in [4.69, 9.17) is 16.6 Å². The molecule has 0 bridgehead atoms. The Bertz CT molecular complexity index is 277. The quantitative estimate of drug-likeness (QED) is 0.592. The van der Waals surface area contributed by atoms with Crippen LogP contribution in [0.5, 0.6) is 5.75 Å². The Balaban J connectivity index is 3.01. The van der Waals surface area contributed by atoms with Crippen molar-refractivity contribution in [1.29, 1.82) is 0 Å². The molecule has 1 rings (SSSR count). The molecule has 0 saturated heterocycles. The zero-order valence-electron chi connectivity index (χ0n) is 7.99. The van der Waals surface area contributed by atoms with Crippen molar-refractivity contribution in [1.82, 2.24) is 0 Å². The van der Waals surface area contributed by atoms with Gasteiger partial charge in [-0.2, -0.15) is 0 Å². The van der Waals surface area contributed by atoms with Crippen molar-refractivity contribution < 1.29 is 5.11 Å². The standard InChI is InChI=1S/C10H16N2O/c1-10(2,9(11)12)7-3-5-8(13)6-4-7/h3-6,9,13H,11-12H2,1-2H3. The number of hydrogen-bond acceptors (Lipinski definition) is 3. The lowest BCUT2D eigenvalue weighted by Crippen LogP contribution is -2.47. The van der Waals surface area contributed by atoms with Crippen molar-refractivity contribution in [3.63, 3.8) is 0 Å². The summed E-state index contributed by atoms with van der Waals surface area (Å²) in [6, 6.07) is 6.95. The third-order valence-corrected chi connectivity index (χ3v) is 2.44. The largest absolute Gasteiger partial charge is 0.508 e. The van der Waals surface area contributed by atoms with Crippen molar-refractivity contribution in [3.8, 4) is 5.75 Å². The van der Waals surface area contributed by atoms with Crippen molar-refractivity contribution in [3.05, 3.63) is 29.8 Å². The number of phenolic OH excluding ortho intramolecular Hbond substituents is 1. The fourth-order valence-corrected chi connectivity index (χ4v) is 1.08. The topological polar surface area (TPSA) is 72.3 Å². The van der Waals surface area contributed by atoms with Gasteiger partial charge in [0.15, 0.2) is 0 Å². The molecule has 0 aromatic heterocycles. The first-order valence-corrected chi connectivity index (χ1v) is 4.25. The van der Waals surface area contributed by atoms with E-state index in [0.29, 0.717) is 0 Å². The molecule has 0 heterocycles. The van der Waals surface area contributed by atoms with Crippen LogP contribution in [0.15, 0.2) is 24.3 Å². The summed E-state index contributed by atoms with van der Waals surface area (Å²) in [5, 5.41) is 9.10. The molecule has 0 aliphatic heterocycles. The molecular weight excluding hydrogens is 164 g/mol. The maximum absolute atomic E-state index is 9.10. The molecule has 0 aliphatic rings. The second-order valence-electron chi connectivity index (χ2n) is 3.79. The smallest absolute Gasteiger partial charge is 0.115 e. The molecule has 13 heavy (non-hydrogen) atoms. The van der Waals surface area contributed by atoms with Gasteiger partial charge in [0.1, 0.15) is 5.75 Å². The van der Waals surface area contributed by atoms with Crippen molar-refractivity contribution in [2.24, 2.45) is 11.5 Å². The molecule has 0 amide bonds. The lowest BCUT2D eigenvalue weighted by atomic mass is 9.82. The average Bonchev–Trinajstić information content (AvgIpc) is 2.04. The monoisotopic (exact) mass is 180 g/mol. The number of hydrogen-bond donors (Lipinski definition) is 3. The predicted octanol–water partition coefficient (Wildman–Crippen LogP) is 0.913. The first-order chi connectivity index (χ1) is 5.94. The molecule has 72 valence electrons. The molecule has 0 fully saturated rings. The van der Waals surface area contributed by atoms with Crippen LogP contribution in [0, 0.1) is 0 Å². The van der Waals surface area contributed by atoms with Crippen LogP contribution in [0.2, 0.25) is 0 Å². The minimum absolute atomic E-state index is 0.255. The van der Waals surface area contributed by atoms with E-state index < -0.39 is 6.17 Å². The molecule has 0 atom stereocenters. The summed E-state index contributed by atoms with van der Waals surface area (Å²) in [5.74, 6) is 0.255. The highest BCUT2D eigenvalue weighted by Crippen LogP contribution is 2.25. The van der Waals surface area contributed by atoms with Gasteiger partial charge in [-0.1, -0.05) is 26.0 Å². The van der Waals surface area contributed by atoms with Crippen LogP contribution in [0.1, 0.15) is 19.4 Å². The van der Waals surface area contributed by atoms with Gasteiger partial charge in [-0.3, -0.25) is 0 Å². The molecule has 0 spiro atoms. The van der Waals surface area contributed by atoms with Gasteiger partial charge in [0, 0.05) is 5.41 Å². The van der Waals surface area contributed by atoms with Crippen LogP contribution >= 0.6 is 0 Å². The van der Waals surface area contributed by atoms with Gasteiger partial charge >= 0.3 is 0 Å². The summed E-state index contributed by atoms with van der Waals surface area (Å²) in [6.07, 6.45) is -0.406. The minimum atomic E-state index is -0.406. The number of nitrogens with two attached hydrogens (primary N) is 2. The van der Waals surface area contributed by atoms with Gasteiger partial charge < -0.3 is 16.6 Å². The molecule has 0 aliphatic carbocycles. The molecule has 3 nitrogen and oxygen atoms in total. The van der Waals surface area contributed by atoms with Crippen LogP contribution in [-0.4, -0.2) is 11.3 Å². The number of aromatic hydroxyl groups is 1.